The number of nitrogens with zero attached hydrogens (tertiary/aromatic N) is 1. The number of hydrogen-bond acceptors (Lipinski definition) is 4. The van der Waals surface area contributed by atoms with E-state index < -0.39 is 6.36 Å². The molecule has 0 bridgehead atoms. The molecule has 1 aromatic heterocycles. The summed E-state index contributed by atoms with van der Waals surface area (Å²) in [7, 11) is 0. The summed E-state index contributed by atoms with van der Waals surface area (Å²) in [6.45, 7) is 4.52. The fraction of sp³-hybridized carbons (Fsp3) is 0.444. The summed E-state index contributed by atoms with van der Waals surface area (Å²) >= 11 is 0. The fourth-order valence-electron chi connectivity index (χ4n) is 2.79. The first-order valence-corrected chi connectivity index (χ1v) is 8.25. The first-order chi connectivity index (χ1) is 12.0. The summed E-state index contributed by atoms with van der Waals surface area (Å²) in [6.07, 6.45) is -2.86. The number of rotatable bonds is 6. The number of aryl methyl sites for hydroxylation is 1. The molecule has 4 nitrogen and oxygen atoms in total. The summed E-state index contributed by atoms with van der Waals surface area (Å²) in [6, 6.07) is 9.42. The van der Waals surface area contributed by atoms with Gasteiger partial charge in [-0.3, -0.25) is 4.90 Å². The third kappa shape index (κ3) is 5.51. The molecule has 25 heavy (non-hydrogen) atoms. The molecule has 1 aromatic carbocycles. The minimum atomic E-state index is -4.68. The highest BCUT2D eigenvalue weighted by molar-refractivity contribution is 5.58. The van der Waals surface area contributed by atoms with Crippen LogP contribution in [0.5, 0.6) is 5.75 Å². The molecule has 0 radical (unpaired) electrons. The molecule has 1 saturated heterocycles. The van der Waals surface area contributed by atoms with Crippen LogP contribution in [0.25, 0.3) is 11.3 Å². The van der Waals surface area contributed by atoms with E-state index in [0.29, 0.717) is 11.3 Å². The zero-order valence-electron chi connectivity index (χ0n) is 13.7. The molecule has 2 heterocycles. The summed E-state index contributed by atoms with van der Waals surface area (Å²) in [4.78, 5) is 2.37. The minimum absolute atomic E-state index is 0.242. The first kappa shape index (κ1) is 17.8. The molecule has 2 aromatic rings. The van der Waals surface area contributed by atoms with Crippen LogP contribution in [0.1, 0.15) is 12.2 Å². The van der Waals surface area contributed by atoms with E-state index >= 15 is 0 Å². The van der Waals surface area contributed by atoms with Crippen molar-refractivity contribution < 1.29 is 27.1 Å². The van der Waals surface area contributed by atoms with E-state index in [0.717, 1.165) is 51.4 Å². The van der Waals surface area contributed by atoms with Gasteiger partial charge in [-0.1, -0.05) is 0 Å². The quantitative estimate of drug-likeness (QED) is 0.781. The lowest BCUT2D eigenvalue weighted by molar-refractivity contribution is -0.274. The van der Waals surface area contributed by atoms with E-state index in [1.54, 1.807) is 12.1 Å². The van der Waals surface area contributed by atoms with Gasteiger partial charge in [0.2, 0.25) is 0 Å². The molecule has 1 fully saturated rings. The van der Waals surface area contributed by atoms with Crippen molar-refractivity contribution in [3.63, 3.8) is 0 Å². The Bertz CT molecular complexity index is 661. The first-order valence-electron chi connectivity index (χ1n) is 8.25. The second-order valence-corrected chi connectivity index (χ2v) is 5.90. The number of furan rings is 1. The third-order valence-corrected chi connectivity index (χ3v) is 4.04. The van der Waals surface area contributed by atoms with E-state index in [9.17, 15) is 13.2 Å². The molecule has 0 spiro atoms. The average molecular weight is 355 g/mol. The van der Waals surface area contributed by atoms with Crippen LogP contribution in [0, 0.1) is 0 Å². The highest BCUT2D eigenvalue weighted by Gasteiger charge is 2.31. The topological polar surface area (TPSA) is 34.8 Å². The summed E-state index contributed by atoms with van der Waals surface area (Å²) in [5, 5.41) is 0. The van der Waals surface area contributed by atoms with Crippen molar-refractivity contribution in [2.75, 3.05) is 32.8 Å². The van der Waals surface area contributed by atoms with Gasteiger partial charge in [-0.15, -0.1) is 13.2 Å². The van der Waals surface area contributed by atoms with E-state index in [-0.39, 0.29) is 5.75 Å². The maximum absolute atomic E-state index is 12.2. The van der Waals surface area contributed by atoms with Crippen molar-refractivity contribution in [1.29, 1.82) is 0 Å². The van der Waals surface area contributed by atoms with Crippen molar-refractivity contribution in [2.45, 2.75) is 19.2 Å². The van der Waals surface area contributed by atoms with Gasteiger partial charge < -0.3 is 13.9 Å². The van der Waals surface area contributed by atoms with Gasteiger partial charge in [0, 0.05) is 25.1 Å². The number of morpholine rings is 1. The Morgan fingerprint density at radius 3 is 2.40 bits per heavy atom. The average Bonchev–Trinajstić information content (AvgIpc) is 3.04. The Kier molecular flexibility index (Phi) is 5.65. The normalized spacial score (nSPS) is 16.1. The lowest BCUT2D eigenvalue weighted by Gasteiger charge is -2.26. The Labute approximate surface area is 144 Å². The van der Waals surface area contributed by atoms with Gasteiger partial charge in [-0.25, -0.2) is 0 Å². The molecule has 136 valence electrons. The number of hydrogen-bond donors (Lipinski definition) is 0. The molecular formula is C18H20F3NO3. The van der Waals surface area contributed by atoms with E-state index in [1.807, 2.05) is 12.1 Å². The van der Waals surface area contributed by atoms with E-state index in [2.05, 4.69) is 9.64 Å². The van der Waals surface area contributed by atoms with Crippen molar-refractivity contribution >= 4 is 0 Å². The maximum Gasteiger partial charge on any atom is 0.573 e. The lowest BCUT2D eigenvalue weighted by atomic mass is 10.2. The van der Waals surface area contributed by atoms with Crippen molar-refractivity contribution in [3.05, 3.63) is 42.2 Å². The van der Waals surface area contributed by atoms with Crippen LogP contribution >= 0.6 is 0 Å². The van der Waals surface area contributed by atoms with Crippen LogP contribution in [0.15, 0.2) is 40.8 Å². The third-order valence-electron chi connectivity index (χ3n) is 4.04. The Morgan fingerprint density at radius 2 is 1.72 bits per heavy atom. The Morgan fingerprint density at radius 1 is 1.00 bits per heavy atom. The zero-order chi connectivity index (χ0) is 17.7. The van der Waals surface area contributed by atoms with Gasteiger partial charge >= 0.3 is 6.36 Å². The largest absolute Gasteiger partial charge is 0.573 e. The number of halogens is 3. The molecular weight excluding hydrogens is 335 g/mol. The standard InChI is InChI=1S/C18H20F3NO3/c19-18(20,21)25-16-5-3-14(4-6-16)17-8-7-15(24-17)2-1-9-22-10-12-23-13-11-22/h3-8H,1-2,9-13H2. The molecule has 0 amide bonds. The van der Waals surface area contributed by atoms with E-state index in [4.69, 9.17) is 9.15 Å². The van der Waals surface area contributed by atoms with Gasteiger partial charge in [0.05, 0.1) is 13.2 Å². The highest BCUT2D eigenvalue weighted by atomic mass is 19.4. The molecule has 0 aliphatic carbocycles. The van der Waals surface area contributed by atoms with Crippen LogP contribution in [0.4, 0.5) is 13.2 Å². The number of benzene rings is 1. The molecule has 0 N–H and O–H groups in total. The molecule has 7 heteroatoms. The Hall–Kier alpha value is -1.99. The maximum atomic E-state index is 12.2. The van der Waals surface area contributed by atoms with Crippen LogP contribution in [0.2, 0.25) is 0 Å². The second-order valence-electron chi connectivity index (χ2n) is 5.90. The van der Waals surface area contributed by atoms with Crippen molar-refractivity contribution in [2.24, 2.45) is 0 Å². The minimum Gasteiger partial charge on any atom is -0.461 e. The summed E-state index contributed by atoms with van der Waals surface area (Å²) in [5.41, 5.74) is 0.717. The molecule has 3 rings (SSSR count). The number of alkyl halides is 3. The second kappa shape index (κ2) is 7.93. The van der Waals surface area contributed by atoms with E-state index in [1.165, 1.54) is 12.1 Å². The monoisotopic (exact) mass is 355 g/mol. The van der Waals surface area contributed by atoms with Crippen molar-refractivity contribution in [3.8, 4) is 17.1 Å². The highest BCUT2D eigenvalue weighted by Crippen LogP contribution is 2.27. The Balaban J connectivity index is 1.52. The molecule has 0 saturated carbocycles. The van der Waals surface area contributed by atoms with Gasteiger partial charge in [0.25, 0.3) is 0 Å². The van der Waals surface area contributed by atoms with Gasteiger partial charge in [-0.2, -0.15) is 0 Å². The summed E-state index contributed by atoms with van der Waals surface area (Å²) < 4.78 is 51.5. The molecule has 1 aliphatic heterocycles. The predicted molar refractivity (Wildman–Crippen MR) is 86.4 cm³/mol. The van der Waals surface area contributed by atoms with Crippen molar-refractivity contribution in [1.82, 2.24) is 4.90 Å². The molecule has 1 aliphatic rings. The fourth-order valence-corrected chi connectivity index (χ4v) is 2.79. The smallest absolute Gasteiger partial charge is 0.461 e. The summed E-state index contributed by atoms with van der Waals surface area (Å²) in [5.74, 6) is 1.27. The van der Waals surface area contributed by atoms with Gasteiger partial charge in [-0.05, 0) is 49.4 Å². The number of ether oxygens (including phenoxy) is 2. The SMILES string of the molecule is FC(F)(F)Oc1ccc(-c2ccc(CCCN3CCOCC3)o2)cc1. The van der Waals surface area contributed by atoms with Crippen LogP contribution in [-0.2, 0) is 11.2 Å². The van der Waals surface area contributed by atoms with Crippen LogP contribution < -0.4 is 4.74 Å². The van der Waals surface area contributed by atoms with Gasteiger partial charge in [0.15, 0.2) is 0 Å². The van der Waals surface area contributed by atoms with Crippen LogP contribution in [-0.4, -0.2) is 44.1 Å². The van der Waals surface area contributed by atoms with Crippen LogP contribution in [0.3, 0.4) is 0 Å². The molecule has 0 unspecified atom stereocenters. The zero-order valence-corrected chi connectivity index (χ0v) is 13.7. The van der Waals surface area contributed by atoms with Gasteiger partial charge in [0.1, 0.15) is 17.3 Å². The lowest BCUT2D eigenvalue weighted by Crippen LogP contribution is -2.36. The predicted octanol–water partition coefficient (Wildman–Crippen LogP) is 4.11. The molecule has 0 atom stereocenters.